The van der Waals surface area contributed by atoms with E-state index in [2.05, 4.69) is 10.2 Å². The van der Waals surface area contributed by atoms with Crippen molar-refractivity contribution >= 4 is 40.7 Å². The fourth-order valence-corrected chi connectivity index (χ4v) is 5.86. The average Bonchev–Trinajstić information content (AvgIpc) is 3.52. The van der Waals surface area contributed by atoms with Gasteiger partial charge in [-0.1, -0.05) is 66.9 Å². The summed E-state index contributed by atoms with van der Waals surface area (Å²) in [7, 11) is 1.78. The quantitative estimate of drug-likeness (QED) is 0.403. The van der Waals surface area contributed by atoms with Crippen LogP contribution in [0.1, 0.15) is 52.0 Å². The highest BCUT2D eigenvalue weighted by molar-refractivity contribution is 6.34. The van der Waals surface area contributed by atoms with Crippen LogP contribution in [-0.2, 0) is 11.3 Å². The van der Waals surface area contributed by atoms with Crippen LogP contribution in [0.5, 0.6) is 0 Å². The smallest absolute Gasteiger partial charge is 0.257 e. The van der Waals surface area contributed by atoms with Crippen LogP contribution < -0.4 is 10.2 Å². The average molecular weight is 559 g/mol. The number of nitrogens with zero attached hydrogens (tertiary/aromatic N) is 3. The summed E-state index contributed by atoms with van der Waals surface area (Å²) in [6, 6.07) is 22.2. The first kappa shape index (κ1) is 27.7. The summed E-state index contributed by atoms with van der Waals surface area (Å²) in [5.41, 5.74) is 3.22. The van der Waals surface area contributed by atoms with E-state index >= 15 is 0 Å². The van der Waals surface area contributed by atoms with Crippen molar-refractivity contribution in [1.29, 1.82) is 0 Å². The number of hydrogen-bond donors (Lipinski definition) is 1. The Morgan fingerprint density at radius 3 is 2.25 bits per heavy atom. The molecule has 2 fully saturated rings. The summed E-state index contributed by atoms with van der Waals surface area (Å²) in [5.74, 6) is -0.0457. The molecule has 1 saturated carbocycles. The largest absolute Gasteiger partial charge is 0.367 e. The number of nitrogens with one attached hydrogen (secondary N) is 1. The number of carbonyl (C=O) groups is 3. The van der Waals surface area contributed by atoms with Gasteiger partial charge in [-0.05, 0) is 48.7 Å². The van der Waals surface area contributed by atoms with Gasteiger partial charge in [0.25, 0.3) is 11.8 Å². The minimum Gasteiger partial charge on any atom is -0.367 e. The fourth-order valence-electron chi connectivity index (χ4n) is 5.64. The zero-order valence-corrected chi connectivity index (χ0v) is 23.6. The maximum atomic E-state index is 13.8. The van der Waals surface area contributed by atoms with E-state index in [1.165, 1.54) is 0 Å². The number of anilines is 2. The van der Waals surface area contributed by atoms with Gasteiger partial charge in [0.2, 0.25) is 5.91 Å². The van der Waals surface area contributed by atoms with Crippen molar-refractivity contribution < 1.29 is 14.4 Å². The number of hydrogen-bond acceptors (Lipinski definition) is 4. The molecule has 3 aromatic rings. The van der Waals surface area contributed by atoms with Crippen LogP contribution >= 0.6 is 11.6 Å². The van der Waals surface area contributed by atoms with E-state index in [-0.39, 0.29) is 23.6 Å². The van der Waals surface area contributed by atoms with Crippen LogP contribution in [0.15, 0.2) is 72.8 Å². The molecule has 2 aliphatic rings. The van der Waals surface area contributed by atoms with E-state index in [1.807, 2.05) is 47.4 Å². The first-order valence-corrected chi connectivity index (χ1v) is 14.3. The third-order valence-corrected chi connectivity index (χ3v) is 8.18. The molecule has 1 saturated heterocycles. The third kappa shape index (κ3) is 6.31. The molecule has 1 aliphatic heterocycles. The van der Waals surface area contributed by atoms with Gasteiger partial charge in [-0.2, -0.15) is 0 Å². The predicted molar refractivity (Wildman–Crippen MR) is 159 cm³/mol. The molecule has 208 valence electrons. The molecular formula is C32H35ClN4O3. The summed E-state index contributed by atoms with van der Waals surface area (Å²) in [6.07, 6.45) is 4.26. The Labute approximate surface area is 240 Å². The van der Waals surface area contributed by atoms with E-state index < -0.39 is 0 Å². The monoisotopic (exact) mass is 558 g/mol. The molecule has 5 rings (SSSR count). The van der Waals surface area contributed by atoms with Gasteiger partial charge in [-0.3, -0.25) is 14.4 Å². The molecule has 40 heavy (non-hydrogen) atoms. The standard InChI is InChI=1S/C32H35ClN4O3/c1-35(22-23-9-3-2-4-10-23)32(40)27-21-25(34-30(38)26-13-7-8-14-28(26)33)15-16-29(27)36-17-19-37(20-18-36)31(39)24-11-5-6-12-24/h2-4,7-10,13-16,21,24H,5-6,11-12,17-20,22H2,1H3,(H,34,38). The number of halogens is 1. The number of carbonyl (C=O) groups excluding carboxylic acids is 3. The Morgan fingerprint density at radius 1 is 0.875 bits per heavy atom. The van der Waals surface area contributed by atoms with Gasteiger partial charge in [-0.15, -0.1) is 0 Å². The highest BCUT2D eigenvalue weighted by atomic mass is 35.5. The van der Waals surface area contributed by atoms with E-state index in [0.29, 0.717) is 54.6 Å². The van der Waals surface area contributed by atoms with Gasteiger partial charge in [0, 0.05) is 57.1 Å². The predicted octanol–water partition coefficient (Wildman–Crippen LogP) is 5.70. The minimum atomic E-state index is -0.339. The zero-order valence-electron chi connectivity index (χ0n) is 22.8. The number of rotatable bonds is 7. The molecule has 8 heteroatoms. The molecule has 0 atom stereocenters. The Kier molecular flexibility index (Phi) is 8.70. The molecule has 1 aliphatic carbocycles. The number of piperazine rings is 1. The van der Waals surface area contributed by atoms with Gasteiger partial charge in [0.15, 0.2) is 0 Å². The molecule has 0 aromatic heterocycles. The molecule has 7 nitrogen and oxygen atoms in total. The van der Waals surface area contributed by atoms with Crippen molar-refractivity contribution in [3.63, 3.8) is 0 Å². The van der Waals surface area contributed by atoms with E-state index in [0.717, 1.165) is 36.9 Å². The summed E-state index contributed by atoms with van der Waals surface area (Å²) in [5, 5.41) is 3.26. The molecule has 3 aromatic carbocycles. The Hall–Kier alpha value is -3.84. The highest BCUT2D eigenvalue weighted by Crippen LogP contribution is 2.30. The Bertz CT molecular complexity index is 1370. The molecule has 1 N–H and O–H groups in total. The summed E-state index contributed by atoms with van der Waals surface area (Å²) >= 11 is 6.23. The van der Waals surface area contributed by atoms with Crippen LogP contribution in [0.2, 0.25) is 5.02 Å². The van der Waals surface area contributed by atoms with E-state index in [9.17, 15) is 14.4 Å². The maximum Gasteiger partial charge on any atom is 0.257 e. The molecule has 0 radical (unpaired) electrons. The maximum absolute atomic E-state index is 13.8. The lowest BCUT2D eigenvalue weighted by Crippen LogP contribution is -2.50. The highest BCUT2D eigenvalue weighted by Gasteiger charge is 2.30. The SMILES string of the molecule is CN(Cc1ccccc1)C(=O)c1cc(NC(=O)c2ccccc2Cl)ccc1N1CCN(C(=O)C2CCCC2)CC1. The first-order valence-electron chi connectivity index (χ1n) is 13.9. The van der Waals surface area contributed by atoms with Crippen LogP contribution in [-0.4, -0.2) is 60.7 Å². The molecular weight excluding hydrogens is 524 g/mol. The van der Waals surface area contributed by atoms with Gasteiger partial charge < -0.3 is 20.0 Å². The van der Waals surface area contributed by atoms with Crippen LogP contribution in [0.3, 0.4) is 0 Å². The van der Waals surface area contributed by atoms with Crippen molar-refractivity contribution in [3.8, 4) is 0 Å². The molecule has 0 bridgehead atoms. The lowest BCUT2D eigenvalue weighted by molar-refractivity contribution is -0.135. The van der Waals surface area contributed by atoms with E-state index in [1.54, 1.807) is 42.3 Å². The number of benzene rings is 3. The third-order valence-electron chi connectivity index (χ3n) is 7.85. The first-order chi connectivity index (χ1) is 19.4. The van der Waals surface area contributed by atoms with Crippen molar-refractivity contribution in [2.45, 2.75) is 32.2 Å². The second-order valence-electron chi connectivity index (χ2n) is 10.6. The second kappa shape index (κ2) is 12.6. The lowest BCUT2D eigenvalue weighted by Gasteiger charge is -2.38. The zero-order chi connectivity index (χ0) is 28.1. The van der Waals surface area contributed by atoms with Crippen LogP contribution in [0, 0.1) is 5.92 Å². The van der Waals surface area contributed by atoms with Crippen LogP contribution in [0.25, 0.3) is 0 Å². The molecule has 3 amide bonds. The lowest BCUT2D eigenvalue weighted by atomic mass is 10.0. The van der Waals surface area contributed by atoms with E-state index in [4.69, 9.17) is 11.6 Å². The minimum absolute atomic E-state index is 0.142. The Balaban J connectivity index is 1.37. The molecule has 1 heterocycles. The fraction of sp³-hybridized carbons (Fsp3) is 0.344. The van der Waals surface area contributed by atoms with Crippen molar-refractivity contribution in [2.75, 3.05) is 43.4 Å². The molecule has 0 spiro atoms. The second-order valence-corrected chi connectivity index (χ2v) is 11.0. The number of amides is 3. The van der Waals surface area contributed by atoms with Crippen molar-refractivity contribution in [1.82, 2.24) is 9.80 Å². The summed E-state index contributed by atoms with van der Waals surface area (Å²) in [6.45, 7) is 3.01. The van der Waals surface area contributed by atoms with Crippen molar-refractivity contribution in [2.24, 2.45) is 5.92 Å². The van der Waals surface area contributed by atoms with Crippen molar-refractivity contribution in [3.05, 3.63) is 94.5 Å². The van der Waals surface area contributed by atoms with Gasteiger partial charge in [0.05, 0.1) is 16.1 Å². The van der Waals surface area contributed by atoms with Crippen LogP contribution in [0.4, 0.5) is 11.4 Å². The van der Waals surface area contributed by atoms with Gasteiger partial charge >= 0.3 is 0 Å². The van der Waals surface area contributed by atoms with Gasteiger partial charge in [-0.25, -0.2) is 0 Å². The summed E-state index contributed by atoms with van der Waals surface area (Å²) < 4.78 is 0. The topological polar surface area (TPSA) is 73.0 Å². The van der Waals surface area contributed by atoms with Gasteiger partial charge in [0.1, 0.15) is 0 Å². The summed E-state index contributed by atoms with van der Waals surface area (Å²) in [4.78, 5) is 45.6. The molecule has 0 unspecified atom stereocenters. The normalized spacial score (nSPS) is 15.7. The Morgan fingerprint density at radius 2 is 1.55 bits per heavy atom.